The van der Waals surface area contributed by atoms with E-state index in [-0.39, 0.29) is 12.5 Å². The first-order valence-electron chi connectivity index (χ1n) is 8.58. The van der Waals surface area contributed by atoms with Gasteiger partial charge in [-0.15, -0.1) is 0 Å². The molecule has 0 aliphatic carbocycles. The molecule has 0 bridgehead atoms. The molecule has 6 heteroatoms. The van der Waals surface area contributed by atoms with Crippen molar-refractivity contribution in [2.45, 2.75) is 27.2 Å². The maximum Gasteiger partial charge on any atom is 0.264 e. The van der Waals surface area contributed by atoms with Crippen molar-refractivity contribution in [1.29, 1.82) is 0 Å². The molecule has 1 N–H and O–H groups in total. The molecule has 0 aliphatic rings. The molecular weight excluding hydrogens is 348 g/mol. The molecule has 0 aliphatic heterocycles. The Bertz CT molecular complexity index is 921. The number of rotatable bonds is 7. The molecular formula is C20H22N2O3S. The predicted molar refractivity (Wildman–Crippen MR) is 105 cm³/mol. The second kappa shape index (κ2) is 8.19. The fourth-order valence-electron chi connectivity index (χ4n) is 2.38. The van der Waals surface area contributed by atoms with Gasteiger partial charge in [-0.1, -0.05) is 24.3 Å². The van der Waals surface area contributed by atoms with E-state index in [1.165, 1.54) is 16.9 Å². The molecule has 0 saturated heterocycles. The van der Waals surface area contributed by atoms with E-state index in [9.17, 15) is 4.79 Å². The van der Waals surface area contributed by atoms with E-state index < -0.39 is 0 Å². The monoisotopic (exact) mass is 370 g/mol. The number of carbonyl (C=O) groups is 1. The third-order valence-electron chi connectivity index (χ3n) is 3.93. The van der Waals surface area contributed by atoms with Crippen molar-refractivity contribution >= 4 is 32.6 Å². The summed E-state index contributed by atoms with van der Waals surface area (Å²) in [5.41, 5.74) is 3.16. The summed E-state index contributed by atoms with van der Waals surface area (Å²) in [4.78, 5) is 16.6. The van der Waals surface area contributed by atoms with E-state index in [2.05, 4.69) is 17.2 Å². The average Bonchev–Trinajstić information content (AvgIpc) is 3.02. The first kappa shape index (κ1) is 18.2. The van der Waals surface area contributed by atoms with Crippen LogP contribution >= 0.6 is 11.3 Å². The molecule has 3 aromatic rings. The SMILES string of the molecule is CCCOc1ccc2nc(NC(=O)COc3ccc(C)c(C)c3)sc2c1. The van der Waals surface area contributed by atoms with Crippen LogP contribution in [0.1, 0.15) is 24.5 Å². The van der Waals surface area contributed by atoms with Crippen molar-refractivity contribution in [3.8, 4) is 11.5 Å². The number of amides is 1. The number of thiazole rings is 1. The first-order valence-corrected chi connectivity index (χ1v) is 9.40. The molecule has 0 atom stereocenters. The number of carbonyl (C=O) groups excluding carboxylic acids is 1. The van der Waals surface area contributed by atoms with Crippen LogP contribution < -0.4 is 14.8 Å². The zero-order chi connectivity index (χ0) is 18.5. The van der Waals surface area contributed by atoms with Gasteiger partial charge >= 0.3 is 0 Å². The number of ether oxygens (including phenoxy) is 2. The lowest BCUT2D eigenvalue weighted by molar-refractivity contribution is -0.118. The van der Waals surface area contributed by atoms with Gasteiger partial charge < -0.3 is 9.47 Å². The minimum atomic E-state index is -0.232. The Hall–Kier alpha value is -2.60. The Labute approximate surface area is 157 Å². The summed E-state index contributed by atoms with van der Waals surface area (Å²) in [5, 5.41) is 3.35. The van der Waals surface area contributed by atoms with E-state index >= 15 is 0 Å². The van der Waals surface area contributed by atoms with Crippen LogP contribution in [0, 0.1) is 13.8 Å². The number of nitrogens with one attached hydrogen (secondary N) is 1. The van der Waals surface area contributed by atoms with Crippen molar-refractivity contribution in [1.82, 2.24) is 4.98 Å². The van der Waals surface area contributed by atoms with Crippen LogP contribution in [0.15, 0.2) is 36.4 Å². The lowest BCUT2D eigenvalue weighted by atomic mass is 10.1. The van der Waals surface area contributed by atoms with Crippen LogP contribution in [-0.4, -0.2) is 24.1 Å². The summed E-state index contributed by atoms with van der Waals surface area (Å²) in [5.74, 6) is 1.27. The summed E-state index contributed by atoms with van der Waals surface area (Å²) < 4.78 is 12.2. The van der Waals surface area contributed by atoms with Crippen molar-refractivity contribution in [3.63, 3.8) is 0 Å². The minimum absolute atomic E-state index is 0.0523. The highest BCUT2D eigenvalue weighted by atomic mass is 32.1. The van der Waals surface area contributed by atoms with Gasteiger partial charge in [-0.2, -0.15) is 0 Å². The number of aromatic nitrogens is 1. The second-order valence-electron chi connectivity index (χ2n) is 6.08. The van der Waals surface area contributed by atoms with Crippen LogP contribution in [0.3, 0.4) is 0 Å². The van der Waals surface area contributed by atoms with E-state index in [0.29, 0.717) is 17.5 Å². The maximum atomic E-state index is 12.1. The number of anilines is 1. The Morgan fingerprint density at radius 2 is 1.85 bits per heavy atom. The Morgan fingerprint density at radius 1 is 1.08 bits per heavy atom. The van der Waals surface area contributed by atoms with E-state index in [4.69, 9.17) is 9.47 Å². The molecule has 0 fully saturated rings. The van der Waals surface area contributed by atoms with Crippen LogP contribution in [0.2, 0.25) is 0 Å². The zero-order valence-corrected chi connectivity index (χ0v) is 16.0. The topological polar surface area (TPSA) is 60.5 Å². The average molecular weight is 370 g/mol. The van der Waals surface area contributed by atoms with Crippen LogP contribution in [0.5, 0.6) is 11.5 Å². The third kappa shape index (κ3) is 4.52. The standard InChI is InChI=1S/C20H22N2O3S/c1-4-9-24-16-7-8-17-18(11-16)26-20(21-17)22-19(23)12-25-15-6-5-13(2)14(3)10-15/h5-8,10-11H,4,9,12H2,1-3H3,(H,21,22,23). The number of hydrogen-bond acceptors (Lipinski definition) is 5. The van der Waals surface area contributed by atoms with Crippen LogP contribution in [-0.2, 0) is 4.79 Å². The molecule has 0 radical (unpaired) electrons. The van der Waals surface area contributed by atoms with E-state index in [0.717, 1.165) is 28.0 Å². The van der Waals surface area contributed by atoms with Gasteiger partial charge in [0.2, 0.25) is 0 Å². The van der Waals surface area contributed by atoms with Crippen LogP contribution in [0.25, 0.3) is 10.2 Å². The van der Waals surface area contributed by atoms with Crippen molar-refractivity contribution < 1.29 is 14.3 Å². The van der Waals surface area contributed by atoms with Gasteiger partial charge in [0.05, 0.1) is 16.8 Å². The Kier molecular flexibility index (Phi) is 5.73. The molecule has 2 aromatic carbocycles. The quantitative estimate of drug-likeness (QED) is 0.654. The molecule has 0 spiro atoms. The van der Waals surface area contributed by atoms with Gasteiger partial charge in [-0.25, -0.2) is 4.98 Å². The maximum absolute atomic E-state index is 12.1. The van der Waals surface area contributed by atoms with Gasteiger partial charge in [-0.3, -0.25) is 10.1 Å². The third-order valence-corrected chi connectivity index (χ3v) is 4.86. The lowest BCUT2D eigenvalue weighted by Crippen LogP contribution is -2.20. The fraction of sp³-hybridized carbons (Fsp3) is 0.300. The second-order valence-corrected chi connectivity index (χ2v) is 7.11. The molecule has 0 saturated carbocycles. The molecule has 136 valence electrons. The highest BCUT2D eigenvalue weighted by molar-refractivity contribution is 7.22. The molecule has 1 amide bonds. The smallest absolute Gasteiger partial charge is 0.264 e. The number of fused-ring (bicyclic) bond motifs is 1. The van der Waals surface area contributed by atoms with Gasteiger partial charge in [0.15, 0.2) is 11.7 Å². The normalized spacial score (nSPS) is 10.7. The minimum Gasteiger partial charge on any atom is -0.494 e. The molecule has 1 aromatic heterocycles. The van der Waals surface area contributed by atoms with Gasteiger partial charge in [-0.05, 0) is 61.7 Å². The lowest BCUT2D eigenvalue weighted by Gasteiger charge is -2.07. The van der Waals surface area contributed by atoms with Crippen molar-refractivity contribution in [2.75, 3.05) is 18.5 Å². The summed E-state index contributed by atoms with van der Waals surface area (Å²) >= 11 is 1.42. The highest BCUT2D eigenvalue weighted by Gasteiger charge is 2.10. The van der Waals surface area contributed by atoms with Crippen molar-refractivity contribution in [2.24, 2.45) is 0 Å². The summed E-state index contributed by atoms with van der Waals surface area (Å²) in [7, 11) is 0. The Morgan fingerprint density at radius 3 is 2.62 bits per heavy atom. The van der Waals surface area contributed by atoms with Gasteiger partial charge in [0, 0.05) is 0 Å². The highest BCUT2D eigenvalue weighted by Crippen LogP contribution is 2.29. The van der Waals surface area contributed by atoms with Crippen LogP contribution in [0.4, 0.5) is 5.13 Å². The summed E-state index contributed by atoms with van der Waals surface area (Å²) in [6.45, 7) is 6.76. The molecule has 5 nitrogen and oxygen atoms in total. The number of benzene rings is 2. The van der Waals surface area contributed by atoms with Gasteiger partial charge in [0.25, 0.3) is 5.91 Å². The van der Waals surface area contributed by atoms with E-state index in [1.54, 1.807) is 0 Å². The Balaban J connectivity index is 1.60. The zero-order valence-electron chi connectivity index (χ0n) is 15.2. The number of nitrogens with zero attached hydrogens (tertiary/aromatic N) is 1. The van der Waals surface area contributed by atoms with Crippen molar-refractivity contribution in [3.05, 3.63) is 47.5 Å². The number of hydrogen-bond donors (Lipinski definition) is 1. The van der Waals surface area contributed by atoms with Gasteiger partial charge in [0.1, 0.15) is 11.5 Å². The number of aryl methyl sites for hydroxylation is 2. The molecule has 1 heterocycles. The largest absolute Gasteiger partial charge is 0.494 e. The fourth-order valence-corrected chi connectivity index (χ4v) is 3.29. The molecule has 0 unspecified atom stereocenters. The summed E-state index contributed by atoms with van der Waals surface area (Å²) in [6.07, 6.45) is 0.961. The van der Waals surface area contributed by atoms with E-state index in [1.807, 2.05) is 50.2 Å². The first-order chi connectivity index (χ1) is 12.5. The molecule has 3 rings (SSSR count). The molecule has 26 heavy (non-hydrogen) atoms. The predicted octanol–water partition coefficient (Wildman–Crippen LogP) is 4.72. The summed E-state index contributed by atoms with van der Waals surface area (Å²) in [6, 6.07) is 11.5.